The third kappa shape index (κ3) is 3.22. The second-order valence-electron chi connectivity index (χ2n) is 6.26. The topological polar surface area (TPSA) is 60.5 Å². The number of nitrogens with zero attached hydrogens (tertiary/aromatic N) is 1. The number of aromatic nitrogens is 1. The summed E-state index contributed by atoms with van der Waals surface area (Å²) in [7, 11) is 1.39. The predicted octanol–water partition coefficient (Wildman–Crippen LogP) is 2.84. The van der Waals surface area contributed by atoms with Crippen molar-refractivity contribution in [1.82, 2.24) is 10.3 Å². The van der Waals surface area contributed by atoms with E-state index in [1.807, 2.05) is 5.38 Å². The minimum atomic E-state index is -0.446. The van der Waals surface area contributed by atoms with Gasteiger partial charge in [-0.25, -0.2) is 9.78 Å². The molecule has 2 heterocycles. The average molecular weight is 389 g/mol. The van der Waals surface area contributed by atoms with Crippen LogP contribution in [-0.2, 0) is 19.9 Å². The van der Waals surface area contributed by atoms with E-state index < -0.39 is 5.60 Å². The lowest BCUT2D eigenvalue weighted by molar-refractivity contribution is -0.159. The van der Waals surface area contributed by atoms with Crippen LogP contribution in [0.1, 0.15) is 37.1 Å². The number of rotatable bonds is 4. The summed E-state index contributed by atoms with van der Waals surface area (Å²) >= 11 is 5.01. The Morgan fingerprint density at radius 3 is 2.73 bits per heavy atom. The Labute approximate surface area is 142 Å². The fourth-order valence-electron chi connectivity index (χ4n) is 3.55. The van der Waals surface area contributed by atoms with Gasteiger partial charge in [-0.3, -0.25) is 0 Å². The molecule has 3 rings (SSSR count). The van der Waals surface area contributed by atoms with Gasteiger partial charge in [-0.15, -0.1) is 11.3 Å². The molecule has 0 unspecified atom stereocenters. The summed E-state index contributed by atoms with van der Waals surface area (Å²) in [5, 5.41) is 6.41. The highest BCUT2D eigenvalue weighted by Crippen LogP contribution is 2.50. The van der Waals surface area contributed by atoms with E-state index in [0.717, 1.165) is 48.4 Å². The van der Waals surface area contributed by atoms with Crippen LogP contribution in [-0.4, -0.2) is 37.8 Å². The van der Waals surface area contributed by atoms with Crippen LogP contribution < -0.4 is 5.32 Å². The fraction of sp³-hybridized carbons (Fsp3) is 0.733. The van der Waals surface area contributed by atoms with Crippen molar-refractivity contribution >= 4 is 33.2 Å². The van der Waals surface area contributed by atoms with Crippen molar-refractivity contribution in [2.45, 2.75) is 37.7 Å². The molecule has 7 heteroatoms. The van der Waals surface area contributed by atoms with Gasteiger partial charge in [-0.1, -0.05) is 0 Å². The van der Waals surface area contributed by atoms with Crippen LogP contribution >= 0.6 is 27.3 Å². The summed E-state index contributed by atoms with van der Waals surface area (Å²) in [6, 6.07) is 0. The van der Waals surface area contributed by atoms with E-state index in [2.05, 4.69) is 26.2 Å². The number of carbonyl (C=O) groups excluding carboxylic acids is 1. The fourth-order valence-corrected chi connectivity index (χ4v) is 5.01. The first-order valence-corrected chi connectivity index (χ1v) is 9.28. The molecule has 1 spiro atoms. The predicted molar refractivity (Wildman–Crippen MR) is 87.8 cm³/mol. The Morgan fingerprint density at radius 2 is 2.18 bits per heavy atom. The molecule has 1 aromatic rings. The number of esters is 1. The van der Waals surface area contributed by atoms with Gasteiger partial charge in [0.1, 0.15) is 21.8 Å². The van der Waals surface area contributed by atoms with Gasteiger partial charge in [0, 0.05) is 11.9 Å². The van der Waals surface area contributed by atoms with Crippen molar-refractivity contribution in [1.29, 1.82) is 0 Å². The molecular weight excluding hydrogens is 368 g/mol. The maximum atomic E-state index is 11.5. The Balaban J connectivity index is 1.77. The maximum absolute atomic E-state index is 11.5. The molecule has 1 aromatic heterocycles. The van der Waals surface area contributed by atoms with Crippen LogP contribution in [0.3, 0.4) is 0 Å². The molecule has 0 atom stereocenters. The van der Waals surface area contributed by atoms with Crippen molar-refractivity contribution in [2.75, 3.05) is 26.8 Å². The van der Waals surface area contributed by atoms with Crippen molar-refractivity contribution in [3.8, 4) is 0 Å². The van der Waals surface area contributed by atoms with Gasteiger partial charge < -0.3 is 14.8 Å². The third-order valence-electron chi connectivity index (χ3n) is 5.01. The van der Waals surface area contributed by atoms with Gasteiger partial charge in [0.05, 0.1) is 7.11 Å². The normalized spacial score (nSPS) is 31.5. The van der Waals surface area contributed by atoms with Crippen LogP contribution in [0.15, 0.2) is 9.98 Å². The van der Waals surface area contributed by atoms with Gasteiger partial charge in [-0.2, -0.15) is 0 Å². The number of ether oxygens (including phenoxy) is 2. The molecular formula is C15H21BrN2O3S. The maximum Gasteiger partial charge on any atom is 0.331 e. The number of hydrogen-bond acceptors (Lipinski definition) is 6. The molecule has 1 aliphatic heterocycles. The van der Waals surface area contributed by atoms with E-state index in [1.54, 1.807) is 11.3 Å². The van der Waals surface area contributed by atoms with E-state index in [1.165, 1.54) is 13.5 Å². The van der Waals surface area contributed by atoms with E-state index in [4.69, 9.17) is 9.47 Å². The standard InChI is InChI=1S/C15H21BrN2O3S/c1-20-12(19)8-21-15(13-18-11(16)9-22-13)4-2-14(3-5-15)6-7-17-10-14/h9,17H,2-8,10H2,1H3. The van der Waals surface area contributed by atoms with Gasteiger partial charge in [0.25, 0.3) is 0 Å². The Morgan fingerprint density at radius 1 is 1.41 bits per heavy atom. The van der Waals surface area contributed by atoms with Gasteiger partial charge in [-0.05, 0) is 60.0 Å². The number of hydrogen-bond donors (Lipinski definition) is 1. The first-order chi connectivity index (χ1) is 10.6. The van der Waals surface area contributed by atoms with Crippen molar-refractivity contribution in [3.05, 3.63) is 15.0 Å². The summed E-state index contributed by atoms with van der Waals surface area (Å²) in [5.41, 5.74) is -0.0364. The van der Waals surface area contributed by atoms with Crippen LogP contribution in [0.4, 0.5) is 0 Å². The summed E-state index contributed by atoms with van der Waals surface area (Å²) in [6.45, 7) is 2.19. The average Bonchev–Trinajstić information content (AvgIpc) is 3.17. The molecule has 1 N–H and O–H groups in total. The van der Waals surface area contributed by atoms with Crippen molar-refractivity contribution in [3.63, 3.8) is 0 Å². The summed E-state index contributed by atoms with van der Waals surface area (Å²) in [5.74, 6) is -0.335. The lowest BCUT2D eigenvalue weighted by atomic mass is 9.68. The van der Waals surface area contributed by atoms with Crippen LogP contribution in [0.2, 0.25) is 0 Å². The van der Waals surface area contributed by atoms with E-state index in [0.29, 0.717) is 5.41 Å². The van der Waals surface area contributed by atoms with Crippen LogP contribution in [0.5, 0.6) is 0 Å². The molecule has 5 nitrogen and oxygen atoms in total. The Kier molecular flexibility index (Phi) is 4.87. The highest BCUT2D eigenvalue weighted by atomic mass is 79.9. The molecule has 2 aliphatic rings. The SMILES string of the molecule is COC(=O)COC1(c2nc(Br)cs2)CCC2(CCNC2)CC1. The molecule has 1 saturated carbocycles. The summed E-state index contributed by atoms with van der Waals surface area (Å²) in [6.07, 6.45) is 5.27. The summed E-state index contributed by atoms with van der Waals surface area (Å²) in [4.78, 5) is 16.1. The van der Waals surface area contributed by atoms with Gasteiger partial charge >= 0.3 is 5.97 Å². The van der Waals surface area contributed by atoms with Crippen LogP contribution in [0.25, 0.3) is 0 Å². The molecule has 122 valence electrons. The number of halogens is 1. The molecule has 22 heavy (non-hydrogen) atoms. The number of thiazole rings is 1. The molecule has 0 bridgehead atoms. The van der Waals surface area contributed by atoms with Crippen molar-refractivity contribution in [2.24, 2.45) is 5.41 Å². The Bertz CT molecular complexity index is 533. The van der Waals surface area contributed by atoms with Crippen molar-refractivity contribution < 1.29 is 14.3 Å². The second-order valence-corrected chi connectivity index (χ2v) is 7.93. The highest BCUT2D eigenvalue weighted by Gasteiger charge is 2.47. The minimum Gasteiger partial charge on any atom is -0.467 e. The zero-order chi connectivity index (χ0) is 15.6. The highest BCUT2D eigenvalue weighted by molar-refractivity contribution is 9.10. The first kappa shape index (κ1) is 16.4. The zero-order valence-corrected chi connectivity index (χ0v) is 15.1. The van der Waals surface area contributed by atoms with E-state index in [-0.39, 0.29) is 12.6 Å². The third-order valence-corrected chi connectivity index (χ3v) is 6.75. The van der Waals surface area contributed by atoms with Gasteiger partial charge in [0.15, 0.2) is 0 Å². The zero-order valence-electron chi connectivity index (χ0n) is 12.7. The molecule has 2 fully saturated rings. The van der Waals surface area contributed by atoms with E-state index in [9.17, 15) is 4.79 Å². The number of nitrogens with one attached hydrogen (secondary N) is 1. The van der Waals surface area contributed by atoms with Gasteiger partial charge in [0.2, 0.25) is 0 Å². The van der Waals surface area contributed by atoms with E-state index >= 15 is 0 Å². The quantitative estimate of drug-likeness (QED) is 0.803. The molecule has 1 saturated heterocycles. The largest absolute Gasteiger partial charge is 0.467 e. The Hall–Kier alpha value is -0.500. The second kappa shape index (κ2) is 6.55. The summed E-state index contributed by atoms with van der Waals surface area (Å²) < 4.78 is 11.6. The smallest absolute Gasteiger partial charge is 0.331 e. The lowest BCUT2D eigenvalue weighted by Crippen LogP contribution is -2.41. The molecule has 1 aliphatic carbocycles. The molecule has 0 amide bonds. The minimum absolute atomic E-state index is 0.0149. The first-order valence-electron chi connectivity index (χ1n) is 7.61. The molecule has 0 radical (unpaired) electrons. The lowest BCUT2D eigenvalue weighted by Gasteiger charge is -2.43. The number of carbonyl (C=O) groups is 1. The number of methoxy groups -OCH3 is 1. The monoisotopic (exact) mass is 388 g/mol. The molecule has 0 aromatic carbocycles. The van der Waals surface area contributed by atoms with Crippen LogP contribution in [0, 0.1) is 5.41 Å².